The Morgan fingerprint density at radius 3 is 3.19 bits per heavy atom. The van der Waals surface area contributed by atoms with Gasteiger partial charge in [0.15, 0.2) is 11.9 Å². The Morgan fingerprint density at radius 2 is 2.44 bits per heavy atom. The van der Waals surface area contributed by atoms with Crippen LogP contribution in [0.5, 0.6) is 11.6 Å². The lowest BCUT2D eigenvalue weighted by atomic mass is 10.3. The van der Waals surface area contributed by atoms with Crippen LogP contribution in [0.4, 0.5) is 0 Å². The van der Waals surface area contributed by atoms with Crippen LogP contribution in [0.3, 0.4) is 0 Å². The Kier molecular flexibility index (Phi) is 2.97. The molecule has 0 unspecified atom stereocenters. The van der Waals surface area contributed by atoms with Gasteiger partial charge in [0.05, 0.1) is 6.26 Å². The van der Waals surface area contributed by atoms with Gasteiger partial charge in [-0.05, 0) is 12.1 Å². The van der Waals surface area contributed by atoms with Gasteiger partial charge in [-0.2, -0.15) is 8.42 Å². The third-order valence-corrected chi connectivity index (χ3v) is 2.47. The molecule has 7 heteroatoms. The fraction of sp³-hybridized carbons (Fsp3) is 0.444. The normalized spacial score (nSPS) is 19.4. The molecule has 16 heavy (non-hydrogen) atoms. The second kappa shape index (κ2) is 4.26. The summed E-state index contributed by atoms with van der Waals surface area (Å²) in [6, 6.07) is 3.46. The van der Waals surface area contributed by atoms with Crippen LogP contribution in [0.2, 0.25) is 0 Å². The number of rotatable bonds is 3. The van der Waals surface area contributed by atoms with Gasteiger partial charge in [-0.1, -0.05) is 0 Å². The van der Waals surface area contributed by atoms with Crippen molar-refractivity contribution in [1.29, 1.82) is 0 Å². The van der Waals surface area contributed by atoms with Crippen molar-refractivity contribution in [2.75, 3.05) is 19.5 Å². The van der Waals surface area contributed by atoms with E-state index in [9.17, 15) is 8.42 Å². The molecule has 2 rings (SSSR count). The zero-order valence-corrected chi connectivity index (χ0v) is 9.44. The summed E-state index contributed by atoms with van der Waals surface area (Å²) < 4.78 is 36.9. The predicted molar refractivity (Wildman–Crippen MR) is 54.9 cm³/mol. The molecule has 0 saturated carbocycles. The predicted octanol–water partition coefficient (Wildman–Crippen LogP) is 0.198. The van der Waals surface area contributed by atoms with Gasteiger partial charge in [-0.3, -0.25) is 4.18 Å². The first-order chi connectivity index (χ1) is 7.54. The average molecular weight is 245 g/mol. The van der Waals surface area contributed by atoms with Gasteiger partial charge in [0.2, 0.25) is 0 Å². The van der Waals surface area contributed by atoms with Crippen LogP contribution in [-0.2, 0) is 14.3 Å². The van der Waals surface area contributed by atoms with Crippen LogP contribution in [0.15, 0.2) is 18.3 Å². The quantitative estimate of drug-likeness (QED) is 0.708. The van der Waals surface area contributed by atoms with E-state index in [1.165, 1.54) is 0 Å². The summed E-state index contributed by atoms with van der Waals surface area (Å²) in [4.78, 5) is 3.96. The molecule has 6 nitrogen and oxygen atoms in total. The van der Waals surface area contributed by atoms with Crippen molar-refractivity contribution in [3.63, 3.8) is 0 Å². The first-order valence-electron chi connectivity index (χ1n) is 4.63. The molecule has 0 bridgehead atoms. The number of hydrogen-bond donors (Lipinski definition) is 0. The molecule has 0 aromatic carbocycles. The second-order valence-corrected chi connectivity index (χ2v) is 4.99. The topological polar surface area (TPSA) is 74.7 Å². The van der Waals surface area contributed by atoms with Crippen molar-refractivity contribution in [2.24, 2.45) is 0 Å². The molecule has 88 valence electrons. The summed E-state index contributed by atoms with van der Waals surface area (Å²) >= 11 is 0. The molecule has 0 fully saturated rings. The molecule has 0 saturated heterocycles. The minimum absolute atomic E-state index is 0.0746. The second-order valence-electron chi connectivity index (χ2n) is 3.35. The number of fused-ring (bicyclic) bond motifs is 1. The molecule has 1 aromatic rings. The molecule has 2 heterocycles. The lowest BCUT2D eigenvalue weighted by Gasteiger charge is -2.24. The monoisotopic (exact) mass is 245 g/mol. The van der Waals surface area contributed by atoms with E-state index in [1.54, 1.807) is 18.3 Å². The van der Waals surface area contributed by atoms with Crippen LogP contribution in [0.25, 0.3) is 0 Å². The number of pyridine rings is 1. The van der Waals surface area contributed by atoms with Gasteiger partial charge in [-0.15, -0.1) is 0 Å². The molecular formula is C9H11NO5S. The number of aromatic nitrogens is 1. The molecule has 1 aromatic heterocycles. The Labute approximate surface area is 93.3 Å². The molecule has 1 aliphatic heterocycles. The Hall–Kier alpha value is -1.34. The number of ether oxygens (including phenoxy) is 2. The van der Waals surface area contributed by atoms with Crippen LogP contribution in [0.1, 0.15) is 0 Å². The summed E-state index contributed by atoms with van der Waals surface area (Å²) in [5.74, 6) is 0.911. The van der Waals surface area contributed by atoms with Crippen molar-refractivity contribution in [3.8, 4) is 11.6 Å². The maximum Gasteiger partial charge on any atom is 0.264 e. The summed E-state index contributed by atoms with van der Waals surface area (Å²) in [5.41, 5.74) is 0. The van der Waals surface area contributed by atoms with Crippen LogP contribution < -0.4 is 9.47 Å². The lowest BCUT2D eigenvalue weighted by Crippen LogP contribution is -2.34. The zero-order valence-electron chi connectivity index (χ0n) is 8.62. The maximum atomic E-state index is 10.8. The Balaban J connectivity index is 1.98. The van der Waals surface area contributed by atoms with Gasteiger partial charge in [0.1, 0.15) is 13.2 Å². The molecule has 1 aliphatic rings. The third kappa shape index (κ3) is 2.83. The van der Waals surface area contributed by atoms with Crippen molar-refractivity contribution in [3.05, 3.63) is 18.3 Å². The van der Waals surface area contributed by atoms with E-state index < -0.39 is 16.2 Å². The molecule has 0 aliphatic carbocycles. The SMILES string of the molecule is CS(=O)(=O)OC[C@@H]1COc2cccnc2O1. The van der Waals surface area contributed by atoms with Gasteiger partial charge in [0, 0.05) is 6.20 Å². The van der Waals surface area contributed by atoms with Gasteiger partial charge in [-0.25, -0.2) is 4.98 Å². The summed E-state index contributed by atoms with van der Waals surface area (Å²) in [6.45, 7) is 0.170. The molecule has 0 N–H and O–H groups in total. The summed E-state index contributed by atoms with van der Waals surface area (Å²) in [7, 11) is -3.46. The van der Waals surface area contributed by atoms with Crippen LogP contribution in [-0.4, -0.2) is 39.0 Å². The fourth-order valence-corrected chi connectivity index (χ4v) is 1.63. The summed E-state index contributed by atoms with van der Waals surface area (Å²) in [6.07, 6.45) is 2.10. The highest BCUT2D eigenvalue weighted by atomic mass is 32.2. The van der Waals surface area contributed by atoms with E-state index in [1.807, 2.05) is 0 Å². The molecule has 1 atom stereocenters. The average Bonchev–Trinajstić information content (AvgIpc) is 2.25. The largest absolute Gasteiger partial charge is 0.484 e. The minimum Gasteiger partial charge on any atom is -0.484 e. The Bertz CT molecular complexity index is 473. The highest BCUT2D eigenvalue weighted by molar-refractivity contribution is 7.85. The fourth-order valence-electron chi connectivity index (χ4n) is 1.23. The number of nitrogens with zero attached hydrogens (tertiary/aromatic N) is 1. The number of hydrogen-bond acceptors (Lipinski definition) is 6. The van der Waals surface area contributed by atoms with Gasteiger partial charge in [0.25, 0.3) is 16.0 Å². The van der Waals surface area contributed by atoms with Crippen molar-refractivity contribution in [2.45, 2.75) is 6.10 Å². The van der Waals surface area contributed by atoms with E-state index in [0.29, 0.717) is 11.6 Å². The van der Waals surface area contributed by atoms with Gasteiger partial charge < -0.3 is 9.47 Å². The van der Waals surface area contributed by atoms with Crippen molar-refractivity contribution < 1.29 is 22.1 Å². The highest BCUT2D eigenvalue weighted by Gasteiger charge is 2.23. The van der Waals surface area contributed by atoms with Crippen molar-refractivity contribution in [1.82, 2.24) is 4.98 Å². The highest BCUT2D eigenvalue weighted by Crippen LogP contribution is 2.28. The first kappa shape index (κ1) is 11.2. The smallest absolute Gasteiger partial charge is 0.264 e. The Morgan fingerprint density at radius 1 is 1.62 bits per heavy atom. The van der Waals surface area contributed by atoms with Gasteiger partial charge >= 0.3 is 0 Å². The molecule has 0 amide bonds. The minimum atomic E-state index is -3.46. The maximum absolute atomic E-state index is 10.8. The first-order valence-corrected chi connectivity index (χ1v) is 6.45. The van der Waals surface area contributed by atoms with E-state index in [2.05, 4.69) is 9.17 Å². The van der Waals surface area contributed by atoms with E-state index in [0.717, 1.165) is 6.26 Å². The van der Waals surface area contributed by atoms with E-state index in [-0.39, 0.29) is 13.2 Å². The van der Waals surface area contributed by atoms with Crippen LogP contribution in [0, 0.1) is 0 Å². The molecule has 0 spiro atoms. The van der Waals surface area contributed by atoms with Crippen LogP contribution >= 0.6 is 0 Å². The lowest BCUT2D eigenvalue weighted by molar-refractivity contribution is 0.0509. The molecule has 0 radical (unpaired) electrons. The standard InChI is InChI=1S/C9H11NO5S/c1-16(11,12)14-6-7-5-13-8-3-2-4-10-9(8)15-7/h2-4,7H,5-6H2,1H3/t7-/m0/s1. The van der Waals surface area contributed by atoms with E-state index >= 15 is 0 Å². The van der Waals surface area contributed by atoms with E-state index in [4.69, 9.17) is 9.47 Å². The zero-order chi connectivity index (χ0) is 11.6. The summed E-state index contributed by atoms with van der Waals surface area (Å²) in [5, 5.41) is 0. The third-order valence-electron chi connectivity index (χ3n) is 1.91. The van der Waals surface area contributed by atoms with Crippen molar-refractivity contribution >= 4 is 10.1 Å². The molecular weight excluding hydrogens is 234 g/mol.